The first-order valence-electron chi connectivity index (χ1n) is 4.73. The molecule has 2 N–H and O–H groups in total. The lowest BCUT2D eigenvalue weighted by Crippen LogP contribution is -2.33. The predicted octanol–water partition coefficient (Wildman–Crippen LogP) is 1.30. The molecule has 1 aromatic carbocycles. The maximum atomic E-state index is 13.0. The molecular weight excluding hydrogens is 199 g/mol. The van der Waals surface area contributed by atoms with Gasteiger partial charge >= 0.3 is 5.97 Å². The fourth-order valence-corrected chi connectivity index (χ4v) is 1.89. The number of aliphatic hydroxyl groups is 1. The van der Waals surface area contributed by atoms with E-state index in [9.17, 15) is 14.3 Å². The van der Waals surface area contributed by atoms with Crippen molar-refractivity contribution in [2.24, 2.45) is 0 Å². The highest BCUT2D eigenvalue weighted by molar-refractivity contribution is 5.75. The number of halogens is 1. The van der Waals surface area contributed by atoms with E-state index < -0.39 is 23.3 Å². The summed E-state index contributed by atoms with van der Waals surface area (Å²) in [4.78, 5) is 10.7. The Morgan fingerprint density at radius 2 is 2.13 bits per heavy atom. The molecule has 4 heteroatoms. The molecule has 1 aliphatic rings. The highest BCUT2D eigenvalue weighted by Gasteiger charge is 2.53. The van der Waals surface area contributed by atoms with Gasteiger partial charge in [-0.15, -0.1) is 0 Å². The van der Waals surface area contributed by atoms with Crippen molar-refractivity contribution >= 4 is 5.97 Å². The van der Waals surface area contributed by atoms with E-state index in [4.69, 9.17) is 5.11 Å². The minimum atomic E-state index is -1.45. The second-order valence-corrected chi connectivity index (χ2v) is 3.91. The molecule has 1 atom stereocenters. The summed E-state index contributed by atoms with van der Waals surface area (Å²) in [6.07, 6.45) is -0.271. The largest absolute Gasteiger partial charge is 0.479 e. The highest BCUT2D eigenvalue weighted by atomic mass is 19.1. The number of rotatable bonds is 3. The van der Waals surface area contributed by atoms with Gasteiger partial charge in [-0.3, -0.25) is 0 Å². The Morgan fingerprint density at radius 3 is 2.60 bits per heavy atom. The Morgan fingerprint density at radius 1 is 1.47 bits per heavy atom. The van der Waals surface area contributed by atoms with Crippen LogP contribution in [0.2, 0.25) is 0 Å². The van der Waals surface area contributed by atoms with Gasteiger partial charge < -0.3 is 10.2 Å². The number of carboxylic acid groups (broad SMARTS) is 1. The molecule has 0 aliphatic heterocycles. The van der Waals surface area contributed by atoms with Gasteiger partial charge in [-0.1, -0.05) is 12.1 Å². The van der Waals surface area contributed by atoms with E-state index in [1.54, 1.807) is 6.07 Å². The maximum Gasteiger partial charge on any atom is 0.333 e. The Kier molecular flexibility index (Phi) is 2.23. The van der Waals surface area contributed by atoms with Gasteiger partial charge in [-0.2, -0.15) is 0 Å². The molecule has 0 aromatic heterocycles. The Balaban J connectivity index is 2.34. The topological polar surface area (TPSA) is 57.5 Å². The summed E-state index contributed by atoms with van der Waals surface area (Å²) >= 11 is 0. The van der Waals surface area contributed by atoms with Crippen LogP contribution in [0.1, 0.15) is 18.4 Å². The van der Waals surface area contributed by atoms with Crippen LogP contribution in [0.25, 0.3) is 0 Å². The first-order valence-corrected chi connectivity index (χ1v) is 4.73. The SMILES string of the molecule is O=C(O)C(O)C1(c2cccc(F)c2)CC1. The molecule has 1 unspecified atom stereocenters. The van der Waals surface area contributed by atoms with Gasteiger partial charge in [0, 0.05) is 5.41 Å². The molecule has 0 radical (unpaired) electrons. The maximum absolute atomic E-state index is 13.0. The minimum Gasteiger partial charge on any atom is -0.479 e. The van der Waals surface area contributed by atoms with Crippen molar-refractivity contribution in [1.29, 1.82) is 0 Å². The molecule has 1 saturated carbocycles. The summed E-state index contributed by atoms with van der Waals surface area (Å²) in [5.41, 5.74) is -0.203. The lowest BCUT2D eigenvalue weighted by molar-refractivity contribution is -0.148. The van der Waals surface area contributed by atoms with E-state index in [1.807, 2.05) is 0 Å². The lowest BCUT2D eigenvalue weighted by atomic mass is 9.90. The average molecular weight is 210 g/mol. The fraction of sp³-hybridized carbons (Fsp3) is 0.364. The zero-order valence-corrected chi connectivity index (χ0v) is 7.98. The number of carboxylic acids is 1. The average Bonchev–Trinajstić information content (AvgIpc) is 2.97. The van der Waals surface area contributed by atoms with Gasteiger partial charge in [0.1, 0.15) is 5.82 Å². The molecule has 1 aromatic rings. The van der Waals surface area contributed by atoms with Gasteiger partial charge in [0.2, 0.25) is 0 Å². The van der Waals surface area contributed by atoms with Gasteiger partial charge in [0.05, 0.1) is 0 Å². The molecule has 80 valence electrons. The Hall–Kier alpha value is -1.42. The standard InChI is InChI=1S/C11H11FO3/c12-8-3-1-2-7(6-8)11(4-5-11)9(13)10(14)15/h1-3,6,9,13H,4-5H2,(H,14,15). The molecule has 0 saturated heterocycles. The van der Waals surface area contributed by atoms with Crippen molar-refractivity contribution in [3.05, 3.63) is 35.6 Å². The lowest BCUT2D eigenvalue weighted by Gasteiger charge is -2.18. The molecule has 0 bridgehead atoms. The molecule has 0 spiro atoms. The van der Waals surface area contributed by atoms with Crippen LogP contribution in [-0.2, 0) is 10.2 Å². The van der Waals surface area contributed by atoms with Gasteiger partial charge in [0.15, 0.2) is 6.10 Å². The van der Waals surface area contributed by atoms with Crippen molar-refractivity contribution in [3.8, 4) is 0 Å². The second-order valence-electron chi connectivity index (χ2n) is 3.91. The van der Waals surface area contributed by atoms with E-state index in [-0.39, 0.29) is 0 Å². The fourth-order valence-electron chi connectivity index (χ4n) is 1.89. The summed E-state index contributed by atoms with van der Waals surface area (Å²) in [5, 5.41) is 18.3. The molecule has 1 fully saturated rings. The van der Waals surface area contributed by atoms with Crippen LogP contribution in [0.3, 0.4) is 0 Å². The minimum absolute atomic E-state index is 0.406. The number of aliphatic hydroxyl groups excluding tert-OH is 1. The number of aliphatic carboxylic acids is 1. The van der Waals surface area contributed by atoms with E-state index in [0.717, 1.165) is 0 Å². The van der Waals surface area contributed by atoms with Crippen LogP contribution in [0.4, 0.5) is 4.39 Å². The number of hydrogen-bond donors (Lipinski definition) is 2. The summed E-state index contributed by atoms with van der Waals surface area (Å²) in [5.74, 6) is -1.66. The summed E-state index contributed by atoms with van der Waals surface area (Å²) in [6, 6.07) is 5.77. The first-order chi connectivity index (χ1) is 7.06. The smallest absolute Gasteiger partial charge is 0.333 e. The van der Waals surface area contributed by atoms with Gasteiger partial charge in [-0.05, 0) is 30.5 Å². The first kappa shape index (κ1) is 10.1. The third-order valence-electron chi connectivity index (χ3n) is 2.95. The summed E-state index contributed by atoms with van der Waals surface area (Å²) < 4.78 is 13.0. The van der Waals surface area contributed by atoms with Crippen molar-refractivity contribution in [3.63, 3.8) is 0 Å². The molecule has 15 heavy (non-hydrogen) atoms. The van der Waals surface area contributed by atoms with E-state index in [0.29, 0.717) is 18.4 Å². The zero-order chi connectivity index (χ0) is 11.1. The van der Waals surface area contributed by atoms with Gasteiger partial charge in [-0.25, -0.2) is 9.18 Å². The normalized spacial score (nSPS) is 19.6. The van der Waals surface area contributed by atoms with E-state index >= 15 is 0 Å². The van der Waals surface area contributed by atoms with Crippen LogP contribution in [0.5, 0.6) is 0 Å². The van der Waals surface area contributed by atoms with Crippen LogP contribution < -0.4 is 0 Å². The molecule has 3 nitrogen and oxygen atoms in total. The third-order valence-corrected chi connectivity index (χ3v) is 2.95. The molecule has 2 rings (SSSR count). The van der Waals surface area contributed by atoms with Crippen LogP contribution in [-0.4, -0.2) is 22.3 Å². The molecule has 1 aliphatic carbocycles. The molecule has 0 amide bonds. The van der Waals surface area contributed by atoms with Crippen molar-refractivity contribution in [2.75, 3.05) is 0 Å². The number of hydrogen-bond acceptors (Lipinski definition) is 2. The Labute approximate surface area is 86.2 Å². The molecule has 0 heterocycles. The van der Waals surface area contributed by atoms with E-state index in [1.165, 1.54) is 18.2 Å². The van der Waals surface area contributed by atoms with Crippen molar-refractivity contribution in [1.82, 2.24) is 0 Å². The van der Waals surface area contributed by atoms with Gasteiger partial charge in [0.25, 0.3) is 0 Å². The third kappa shape index (κ3) is 1.61. The Bertz CT molecular complexity index is 399. The summed E-state index contributed by atoms with van der Waals surface area (Å²) in [6.45, 7) is 0. The van der Waals surface area contributed by atoms with Crippen molar-refractivity contribution < 1.29 is 19.4 Å². The second kappa shape index (κ2) is 3.31. The van der Waals surface area contributed by atoms with E-state index in [2.05, 4.69) is 0 Å². The van der Waals surface area contributed by atoms with Crippen LogP contribution in [0, 0.1) is 5.82 Å². The predicted molar refractivity (Wildman–Crippen MR) is 51.0 cm³/mol. The van der Waals surface area contributed by atoms with Crippen LogP contribution >= 0.6 is 0 Å². The number of carbonyl (C=O) groups is 1. The highest BCUT2D eigenvalue weighted by Crippen LogP contribution is 2.51. The summed E-state index contributed by atoms with van der Waals surface area (Å²) in [7, 11) is 0. The number of benzene rings is 1. The monoisotopic (exact) mass is 210 g/mol. The van der Waals surface area contributed by atoms with Crippen LogP contribution in [0.15, 0.2) is 24.3 Å². The molecular formula is C11H11FO3. The van der Waals surface area contributed by atoms with Crippen molar-refractivity contribution in [2.45, 2.75) is 24.4 Å². The quantitative estimate of drug-likeness (QED) is 0.790. The zero-order valence-electron chi connectivity index (χ0n) is 7.98.